The van der Waals surface area contributed by atoms with Crippen LogP contribution in [0.2, 0.25) is 0 Å². The van der Waals surface area contributed by atoms with Crippen LogP contribution in [0, 0.1) is 11.8 Å². The van der Waals surface area contributed by atoms with E-state index in [1.54, 1.807) is 4.90 Å². The molecule has 2 atom stereocenters. The maximum atomic E-state index is 13.2. The van der Waals surface area contributed by atoms with E-state index in [-0.39, 0.29) is 24.1 Å². The first-order valence-corrected chi connectivity index (χ1v) is 13.0. The van der Waals surface area contributed by atoms with E-state index in [4.69, 9.17) is 5.73 Å². The molecular weight excluding hydrogens is 430 g/mol. The summed E-state index contributed by atoms with van der Waals surface area (Å²) in [5.41, 5.74) is 8.85. The van der Waals surface area contributed by atoms with Crippen LogP contribution in [0.4, 0.5) is 5.69 Å². The zero-order valence-electron chi connectivity index (χ0n) is 19.9. The highest BCUT2D eigenvalue weighted by atomic mass is 16.2. The van der Waals surface area contributed by atoms with Gasteiger partial charge in [-0.25, -0.2) is 0 Å². The minimum absolute atomic E-state index is 0.119. The third kappa shape index (κ3) is 4.84. The van der Waals surface area contributed by atoms with Crippen LogP contribution in [0.25, 0.3) is 0 Å². The number of benzene rings is 1. The lowest BCUT2D eigenvalue weighted by Crippen LogP contribution is -2.52. The Kier molecular flexibility index (Phi) is 6.88. The van der Waals surface area contributed by atoms with E-state index < -0.39 is 6.04 Å². The minimum Gasteiger partial charge on any atom is -0.382 e. The number of imide groups is 1. The Morgan fingerprint density at radius 3 is 2.53 bits per heavy atom. The Hall–Kier alpha value is -2.45. The number of amides is 3. The first-order valence-electron chi connectivity index (χ1n) is 13.0. The van der Waals surface area contributed by atoms with E-state index in [1.165, 1.54) is 12.8 Å². The molecule has 34 heavy (non-hydrogen) atoms. The average molecular weight is 468 g/mol. The summed E-state index contributed by atoms with van der Waals surface area (Å²) >= 11 is 0. The Balaban J connectivity index is 1.35. The number of nitrogens with one attached hydrogen (secondary N) is 3. The summed E-state index contributed by atoms with van der Waals surface area (Å²) in [6, 6.07) is 5.94. The van der Waals surface area contributed by atoms with Gasteiger partial charge in [-0.3, -0.25) is 19.7 Å². The van der Waals surface area contributed by atoms with Gasteiger partial charge in [-0.15, -0.1) is 0 Å². The fourth-order valence-corrected chi connectivity index (χ4v) is 6.31. The number of hydrogen-bond acceptors (Lipinski definition) is 6. The Morgan fingerprint density at radius 1 is 1.03 bits per heavy atom. The topological polar surface area (TPSA) is 117 Å². The third-order valence-electron chi connectivity index (χ3n) is 8.35. The Morgan fingerprint density at radius 2 is 1.79 bits per heavy atom. The van der Waals surface area contributed by atoms with Gasteiger partial charge in [0.1, 0.15) is 6.04 Å². The molecule has 5 N–H and O–H groups in total. The summed E-state index contributed by atoms with van der Waals surface area (Å²) in [4.78, 5) is 38.9. The minimum atomic E-state index is -0.587. The summed E-state index contributed by atoms with van der Waals surface area (Å²) in [5, 5.41) is 9.74. The molecule has 3 amide bonds. The van der Waals surface area contributed by atoms with E-state index in [1.807, 2.05) is 12.1 Å². The lowest BCUT2D eigenvalue weighted by molar-refractivity contribution is -0.136. The van der Waals surface area contributed by atoms with Crippen molar-refractivity contribution in [1.29, 1.82) is 0 Å². The van der Waals surface area contributed by atoms with Crippen LogP contribution in [0.15, 0.2) is 18.2 Å². The highest BCUT2D eigenvalue weighted by Gasteiger charge is 2.40. The second-order valence-electron chi connectivity index (χ2n) is 10.6. The quantitative estimate of drug-likeness (QED) is 0.477. The number of anilines is 1. The molecule has 0 radical (unpaired) electrons. The molecule has 3 heterocycles. The normalized spacial score (nSPS) is 29.0. The average Bonchev–Trinajstić information content (AvgIpc) is 3.17. The third-order valence-corrected chi connectivity index (χ3v) is 8.35. The number of piperidine rings is 2. The van der Waals surface area contributed by atoms with Gasteiger partial charge in [0, 0.05) is 41.9 Å². The second-order valence-corrected chi connectivity index (χ2v) is 10.6. The van der Waals surface area contributed by atoms with Gasteiger partial charge >= 0.3 is 0 Å². The molecule has 1 aromatic rings. The van der Waals surface area contributed by atoms with E-state index in [9.17, 15) is 14.4 Å². The van der Waals surface area contributed by atoms with Crippen molar-refractivity contribution in [2.75, 3.05) is 18.4 Å². The van der Waals surface area contributed by atoms with E-state index in [2.05, 4.69) is 22.0 Å². The molecule has 3 aliphatic heterocycles. The summed E-state index contributed by atoms with van der Waals surface area (Å²) in [6.07, 6.45) is 8.62. The van der Waals surface area contributed by atoms with Crippen LogP contribution in [-0.2, 0) is 16.1 Å². The van der Waals surface area contributed by atoms with Crippen molar-refractivity contribution in [3.05, 3.63) is 29.3 Å². The maximum absolute atomic E-state index is 13.2. The molecule has 0 spiro atoms. The molecule has 4 aliphatic rings. The molecule has 0 bridgehead atoms. The molecule has 5 rings (SSSR count). The van der Waals surface area contributed by atoms with Crippen molar-refractivity contribution in [3.63, 3.8) is 0 Å². The number of nitrogens with zero attached hydrogens (tertiary/aromatic N) is 1. The van der Waals surface area contributed by atoms with Crippen molar-refractivity contribution in [2.24, 2.45) is 17.6 Å². The molecule has 1 aliphatic carbocycles. The number of hydrogen-bond donors (Lipinski definition) is 4. The van der Waals surface area contributed by atoms with Crippen LogP contribution in [-0.4, -0.2) is 53.8 Å². The smallest absolute Gasteiger partial charge is 0.255 e. The van der Waals surface area contributed by atoms with Crippen LogP contribution in [0.1, 0.15) is 73.7 Å². The lowest BCUT2D eigenvalue weighted by Gasteiger charge is -2.37. The van der Waals surface area contributed by atoms with Crippen molar-refractivity contribution in [2.45, 2.75) is 82.5 Å². The summed E-state index contributed by atoms with van der Waals surface area (Å²) in [7, 11) is 0. The van der Waals surface area contributed by atoms with Crippen molar-refractivity contribution in [3.8, 4) is 0 Å². The van der Waals surface area contributed by atoms with Crippen LogP contribution in [0.3, 0.4) is 0 Å². The van der Waals surface area contributed by atoms with E-state index >= 15 is 0 Å². The van der Waals surface area contributed by atoms with Gasteiger partial charge in [-0.1, -0.05) is 6.07 Å². The number of carbonyl (C=O) groups excluding carboxylic acids is 3. The first-order chi connectivity index (χ1) is 16.5. The summed E-state index contributed by atoms with van der Waals surface area (Å²) in [6.45, 7) is 2.57. The molecule has 2 saturated heterocycles. The molecule has 1 saturated carbocycles. The summed E-state index contributed by atoms with van der Waals surface area (Å²) < 4.78 is 0. The van der Waals surface area contributed by atoms with Gasteiger partial charge in [0.25, 0.3) is 5.91 Å². The molecular formula is C26H37N5O3. The fraction of sp³-hybridized carbons (Fsp3) is 0.654. The zero-order valence-corrected chi connectivity index (χ0v) is 19.9. The van der Waals surface area contributed by atoms with Gasteiger partial charge in [0.05, 0.1) is 0 Å². The molecule has 3 fully saturated rings. The summed E-state index contributed by atoms with van der Waals surface area (Å²) in [5.74, 6) is 0.531. The van der Waals surface area contributed by atoms with Crippen LogP contribution in [0.5, 0.6) is 0 Å². The second kappa shape index (κ2) is 10.0. The standard InChI is InChI=1S/C26H37N5O3/c27-18-6-4-17(5-7-18)22(14-16-10-12-28-13-11-16)29-21-3-1-2-19-20(21)15-31(26(19)34)23-8-9-24(32)30-25(23)33/h1-3,16-18,22-23,28-29H,4-15,27H2,(H,30,32,33)/t17?,18?,22-,23-/m1/s1. The monoisotopic (exact) mass is 467 g/mol. The largest absolute Gasteiger partial charge is 0.382 e. The predicted octanol–water partition coefficient (Wildman–Crippen LogP) is 2.14. The van der Waals surface area contributed by atoms with E-state index in [0.29, 0.717) is 42.4 Å². The number of nitrogens with two attached hydrogens (primary N) is 1. The van der Waals surface area contributed by atoms with Crippen LogP contribution >= 0.6 is 0 Å². The molecule has 0 unspecified atom stereocenters. The number of carbonyl (C=O) groups is 3. The molecule has 1 aromatic carbocycles. The van der Waals surface area contributed by atoms with Gasteiger partial charge in [-0.05, 0) is 88.4 Å². The van der Waals surface area contributed by atoms with Crippen molar-refractivity contribution < 1.29 is 14.4 Å². The van der Waals surface area contributed by atoms with Gasteiger partial charge in [0.15, 0.2) is 0 Å². The number of rotatable bonds is 6. The highest BCUT2D eigenvalue weighted by molar-refractivity contribution is 6.06. The lowest BCUT2D eigenvalue weighted by atomic mass is 9.77. The molecule has 0 aromatic heterocycles. The zero-order chi connectivity index (χ0) is 23.7. The van der Waals surface area contributed by atoms with Gasteiger partial charge in [0.2, 0.25) is 11.8 Å². The molecule has 8 nitrogen and oxygen atoms in total. The van der Waals surface area contributed by atoms with Gasteiger partial charge < -0.3 is 21.3 Å². The van der Waals surface area contributed by atoms with Gasteiger partial charge in [-0.2, -0.15) is 0 Å². The SMILES string of the molecule is NC1CCC([C@@H](CC2CCNCC2)Nc2cccc3c2CN([C@@H]2CCC(=O)NC2=O)C3=O)CC1. The maximum Gasteiger partial charge on any atom is 0.255 e. The fourth-order valence-electron chi connectivity index (χ4n) is 6.31. The molecule has 184 valence electrons. The number of fused-ring (bicyclic) bond motifs is 1. The highest BCUT2D eigenvalue weighted by Crippen LogP contribution is 2.36. The first kappa shape index (κ1) is 23.3. The Labute approximate surface area is 201 Å². The van der Waals surface area contributed by atoms with E-state index in [0.717, 1.165) is 56.4 Å². The Bertz CT molecular complexity index is 936. The molecule has 8 heteroatoms. The van der Waals surface area contributed by atoms with Crippen molar-refractivity contribution >= 4 is 23.4 Å². The predicted molar refractivity (Wildman–Crippen MR) is 130 cm³/mol. The van der Waals surface area contributed by atoms with Crippen LogP contribution < -0.4 is 21.7 Å². The van der Waals surface area contributed by atoms with Crippen molar-refractivity contribution in [1.82, 2.24) is 15.5 Å².